The fourth-order valence-electron chi connectivity index (χ4n) is 3.05. The molecule has 3 rings (SSSR count). The van der Waals surface area contributed by atoms with Crippen LogP contribution in [0.15, 0.2) is 42.5 Å². The van der Waals surface area contributed by atoms with Gasteiger partial charge in [0.2, 0.25) is 0 Å². The summed E-state index contributed by atoms with van der Waals surface area (Å²) < 4.78 is 5.68. The summed E-state index contributed by atoms with van der Waals surface area (Å²) in [6, 6.07) is 12.7. The van der Waals surface area contributed by atoms with Crippen molar-refractivity contribution in [1.82, 2.24) is 4.90 Å². The van der Waals surface area contributed by atoms with Gasteiger partial charge in [0.1, 0.15) is 0 Å². The van der Waals surface area contributed by atoms with Crippen molar-refractivity contribution in [3.63, 3.8) is 0 Å². The van der Waals surface area contributed by atoms with E-state index in [1.165, 1.54) is 5.56 Å². The Hall–Kier alpha value is -1.59. The van der Waals surface area contributed by atoms with Crippen LogP contribution in [0.3, 0.4) is 0 Å². The Labute approximate surface area is 164 Å². The van der Waals surface area contributed by atoms with Gasteiger partial charge in [0, 0.05) is 30.9 Å². The Kier molecular flexibility index (Phi) is 6.54. The number of rotatable bonds is 6. The molecular weight excluding hydrogens is 371 g/mol. The zero-order valence-electron chi connectivity index (χ0n) is 14.7. The van der Waals surface area contributed by atoms with Crippen LogP contribution in [0.4, 0.5) is 5.69 Å². The molecule has 4 nitrogen and oxygen atoms in total. The minimum absolute atomic E-state index is 0.216. The van der Waals surface area contributed by atoms with Crippen molar-refractivity contribution in [2.45, 2.75) is 25.5 Å². The van der Waals surface area contributed by atoms with Gasteiger partial charge in [0.25, 0.3) is 5.91 Å². The maximum Gasteiger partial charge on any atom is 0.255 e. The summed E-state index contributed by atoms with van der Waals surface area (Å²) in [5.41, 5.74) is 2.41. The van der Waals surface area contributed by atoms with E-state index >= 15 is 0 Å². The number of hydrogen-bond acceptors (Lipinski definition) is 3. The molecule has 1 amide bonds. The minimum Gasteiger partial charge on any atom is -0.377 e. The summed E-state index contributed by atoms with van der Waals surface area (Å²) in [4.78, 5) is 14.6. The second-order valence-electron chi connectivity index (χ2n) is 6.61. The van der Waals surface area contributed by atoms with Gasteiger partial charge in [0.15, 0.2) is 0 Å². The lowest BCUT2D eigenvalue weighted by Crippen LogP contribution is -2.28. The van der Waals surface area contributed by atoms with Gasteiger partial charge in [-0.1, -0.05) is 35.3 Å². The molecule has 2 aromatic rings. The van der Waals surface area contributed by atoms with E-state index in [1.54, 1.807) is 18.2 Å². The lowest BCUT2D eigenvalue weighted by Gasteiger charge is -2.20. The number of benzene rings is 2. The topological polar surface area (TPSA) is 41.6 Å². The number of nitrogens with zero attached hydrogens (tertiary/aromatic N) is 1. The first-order valence-electron chi connectivity index (χ1n) is 8.67. The molecule has 0 aliphatic carbocycles. The Morgan fingerprint density at radius 1 is 1.19 bits per heavy atom. The number of likely N-dealkylation sites (N-methyl/N-ethyl adjacent to an activating group) is 1. The van der Waals surface area contributed by atoms with Gasteiger partial charge >= 0.3 is 0 Å². The zero-order chi connectivity index (χ0) is 18.5. The molecule has 1 fully saturated rings. The van der Waals surface area contributed by atoms with Gasteiger partial charge in [-0.2, -0.15) is 0 Å². The number of ether oxygens (including phenoxy) is 1. The number of halogens is 2. The molecular formula is C20H22Cl2N2O2. The number of nitrogens with one attached hydrogen (secondary N) is 1. The average Bonchev–Trinajstić information content (AvgIpc) is 3.12. The molecule has 0 bridgehead atoms. The quantitative estimate of drug-likeness (QED) is 0.763. The van der Waals surface area contributed by atoms with Crippen LogP contribution in [0.1, 0.15) is 28.8 Å². The second kappa shape index (κ2) is 8.87. The van der Waals surface area contributed by atoms with Crippen LogP contribution >= 0.6 is 23.2 Å². The predicted octanol–water partition coefficient (Wildman–Crippen LogP) is 4.86. The minimum atomic E-state index is -0.216. The smallest absolute Gasteiger partial charge is 0.255 e. The van der Waals surface area contributed by atoms with E-state index in [0.717, 1.165) is 38.2 Å². The number of anilines is 1. The predicted molar refractivity (Wildman–Crippen MR) is 106 cm³/mol. The molecule has 2 aromatic carbocycles. The molecule has 26 heavy (non-hydrogen) atoms. The standard InChI is InChI=1S/C20H22Cl2N2O2/c1-24(13-17-3-2-10-26-17)12-14-4-7-16(8-5-14)23-20(25)15-6-9-18(21)19(22)11-15/h4-9,11,17H,2-3,10,12-13H2,1H3,(H,23,25). The fraction of sp³-hybridized carbons (Fsp3) is 0.350. The van der Waals surface area contributed by atoms with Crippen LogP contribution in [-0.4, -0.2) is 37.1 Å². The molecule has 1 N–H and O–H groups in total. The highest BCUT2D eigenvalue weighted by atomic mass is 35.5. The van der Waals surface area contributed by atoms with E-state index in [2.05, 4.69) is 17.3 Å². The van der Waals surface area contributed by atoms with Crippen LogP contribution in [0.5, 0.6) is 0 Å². The molecule has 0 aromatic heterocycles. The molecule has 1 saturated heterocycles. The Morgan fingerprint density at radius 2 is 1.96 bits per heavy atom. The van der Waals surface area contributed by atoms with Crippen molar-refractivity contribution in [1.29, 1.82) is 0 Å². The maximum atomic E-state index is 12.3. The average molecular weight is 393 g/mol. The van der Waals surface area contributed by atoms with E-state index < -0.39 is 0 Å². The molecule has 6 heteroatoms. The van der Waals surface area contributed by atoms with E-state index in [4.69, 9.17) is 27.9 Å². The first-order valence-corrected chi connectivity index (χ1v) is 9.42. The zero-order valence-corrected chi connectivity index (χ0v) is 16.2. The third kappa shape index (κ3) is 5.21. The van der Waals surface area contributed by atoms with Gasteiger partial charge in [-0.25, -0.2) is 0 Å². The first-order chi connectivity index (χ1) is 12.5. The highest BCUT2D eigenvalue weighted by Gasteiger charge is 2.17. The first kappa shape index (κ1) is 19.2. The lowest BCUT2D eigenvalue weighted by molar-refractivity contribution is 0.0793. The summed E-state index contributed by atoms with van der Waals surface area (Å²) in [7, 11) is 2.10. The van der Waals surface area contributed by atoms with Crippen LogP contribution < -0.4 is 5.32 Å². The fourth-order valence-corrected chi connectivity index (χ4v) is 3.34. The Bertz CT molecular complexity index is 759. The highest BCUT2D eigenvalue weighted by Crippen LogP contribution is 2.23. The number of carbonyl (C=O) groups excluding carboxylic acids is 1. The van der Waals surface area contributed by atoms with Crippen molar-refractivity contribution in [3.05, 3.63) is 63.6 Å². The van der Waals surface area contributed by atoms with Crippen LogP contribution in [0, 0.1) is 0 Å². The molecule has 1 aliphatic heterocycles. The van der Waals surface area contributed by atoms with Crippen molar-refractivity contribution in [2.24, 2.45) is 0 Å². The van der Waals surface area contributed by atoms with Crippen LogP contribution in [-0.2, 0) is 11.3 Å². The van der Waals surface area contributed by atoms with Gasteiger partial charge in [-0.3, -0.25) is 9.69 Å². The van der Waals surface area contributed by atoms with E-state index in [-0.39, 0.29) is 5.91 Å². The summed E-state index contributed by atoms with van der Waals surface area (Å²) in [5, 5.41) is 3.66. The second-order valence-corrected chi connectivity index (χ2v) is 7.43. The monoisotopic (exact) mass is 392 g/mol. The summed E-state index contributed by atoms with van der Waals surface area (Å²) in [5.74, 6) is -0.216. The lowest BCUT2D eigenvalue weighted by atomic mass is 10.1. The third-order valence-corrected chi connectivity index (χ3v) is 5.12. The van der Waals surface area contributed by atoms with Gasteiger partial charge in [-0.05, 0) is 55.8 Å². The molecule has 1 atom stereocenters. The van der Waals surface area contributed by atoms with Crippen molar-refractivity contribution in [3.8, 4) is 0 Å². The molecule has 1 aliphatic rings. The number of carbonyl (C=O) groups is 1. The van der Waals surface area contributed by atoms with Gasteiger partial charge in [0.05, 0.1) is 16.1 Å². The Morgan fingerprint density at radius 3 is 2.62 bits per heavy atom. The number of amides is 1. The molecule has 0 saturated carbocycles. The van der Waals surface area contributed by atoms with Crippen LogP contribution in [0.2, 0.25) is 10.0 Å². The summed E-state index contributed by atoms with van der Waals surface area (Å²) in [6.07, 6.45) is 2.65. The van der Waals surface area contributed by atoms with E-state index in [0.29, 0.717) is 21.7 Å². The molecule has 0 spiro atoms. The van der Waals surface area contributed by atoms with E-state index in [9.17, 15) is 4.79 Å². The summed E-state index contributed by atoms with van der Waals surface area (Å²) >= 11 is 11.8. The SMILES string of the molecule is CN(Cc1ccc(NC(=O)c2ccc(Cl)c(Cl)c2)cc1)CC1CCCO1. The largest absolute Gasteiger partial charge is 0.377 e. The van der Waals surface area contributed by atoms with Crippen LogP contribution in [0.25, 0.3) is 0 Å². The maximum absolute atomic E-state index is 12.3. The van der Waals surface area contributed by atoms with Gasteiger partial charge in [-0.15, -0.1) is 0 Å². The highest BCUT2D eigenvalue weighted by molar-refractivity contribution is 6.42. The summed E-state index contributed by atoms with van der Waals surface area (Å²) in [6.45, 7) is 2.67. The van der Waals surface area contributed by atoms with Crippen molar-refractivity contribution >= 4 is 34.8 Å². The molecule has 138 valence electrons. The van der Waals surface area contributed by atoms with E-state index in [1.807, 2.05) is 24.3 Å². The molecule has 1 heterocycles. The molecule has 0 radical (unpaired) electrons. The number of hydrogen-bond donors (Lipinski definition) is 1. The normalized spacial score (nSPS) is 16.8. The Balaban J connectivity index is 1.55. The third-order valence-electron chi connectivity index (χ3n) is 4.39. The van der Waals surface area contributed by atoms with Gasteiger partial charge < -0.3 is 10.1 Å². The molecule has 1 unspecified atom stereocenters. The van der Waals surface area contributed by atoms with Crippen molar-refractivity contribution in [2.75, 3.05) is 25.5 Å². The van der Waals surface area contributed by atoms with Crippen molar-refractivity contribution < 1.29 is 9.53 Å².